The second kappa shape index (κ2) is 10.1. The fourth-order valence-corrected chi connectivity index (χ4v) is 4.44. The summed E-state index contributed by atoms with van der Waals surface area (Å²) in [5.74, 6) is 1.93. The average Bonchev–Trinajstić information content (AvgIpc) is 3.44. The number of furan rings is 1. The first-order valence-corrected chi connectivity index (χ1v) is 11.3. The number of thiazole rings is 1. The van der Waals surface area contributed by atoms with E-state index in [0.29, 0.717) is 6.61 Å². The minimum Gasteiger partial charge on any atom is -0.486 e. The first kappa shape index (κ1) is 20.1. The molecule has 6 heteroatoms. The lowest BCUT2D eigenvalue weighted by Crippen LogP contribution is -2.38. The third kappa shape index (κ3) is 5.69. The van der Waals surface area contributed by atoms with Gasteiger partial charge in [0.15, 0.2) is 0 Å². The number of nitrogens with zero attached hydrogens (tertiary/aromatic N) is 2. The molecule has 0 saturated carbocycles. The Balaban J connectivity index is 1.27. The van der Waals surface area contributed by atoms with Gasteiger partial charge in [-0.15, -0.1) is 11.3 Å². The van der Waals surface area contributed by atoms with Crippen LogP contribution < -0.4 is 10.1 Å². The van der Waals surface area contributed by atoms with Crippen LogP contribution in [0, 0.1) is 6.92 Å². The van der Waals surface area contributed by atoms with E-state index in [1.807, 2.05) is 18.2 Å². The molecule has 1 N–H and O–H groups in total. The molecule has 3 heterocycles. The van der Waals surface area contributed by atoms with Crippen LogP contribution >= 0.6 is 11.3 Å². The Bertz CT molecular complexity index is 855. The molecule has 1 aromatic carbocycles. The molecule has 0 bridgehead atoms. The van der Waals surface area contributed by atoms with Gasteiger partial charge in [-0.25, -0.2) is 4.98 Å². The van der Waals surface area contributed by atoms with Crippen molar-refractivity contribution in [1.29, 1.82) is 0 Å². The third-order valence-electron chi connectivity index (χ3n) is 5.33. The maximum Gasteiger partial charge on any atom is 0.140 e. The lowest BCUT2D eigenvalue weighted by molar-refractivity contribution is 0.142. The van der Waals surface area contributed by atoms with Gasteiger partial charge in [0, 0.05) is 18.5 Å². The van der Waals surface area contributed by atoms with Gasteiger partial charge in [0.2, 0.25) is 0 Å². The molecule has 1 aliphatic rings. The van der Waals surface area contributed by atoms with Crippen LogP contribution in [-0.2, 0) is 13.2 Å². The van der Waals surface area contributed by atoms with E-state index in [4.69, 9.17) is 14.1 Å². The highest BCUT2D eigenvalue weighted by molar-refractivity contribution is 7.09. The number of benzene rings is 1. The molecule has 0 aliphatic carbocycles. The van der Waals surface area contributed by atoms with Crippen LogP contribution in [0.4, 0.5) is 0 Å². The standard InChI is InChI=1S/C23H29N3O2S/c1-18-7-9-20(10-8-18)28-16-23-25-19(17-29-23)14-24-15-21(22-6-5-13-27-22)26-11-3-2-4-12-26/h5-10,13,17,21,24H,2-4,11-12,14-16H2,1H3. The number of aryl methyl sites for hydroxylation is 1. The van der Waals surface area contributed by atoms with Crippen molar-refractivity contribution in [2.24, 2.45) is 0 Å². The molecule has 4 rings (SSSR count). The van der Waals surface area contributed by atoms with Gasteiger partial charge in [-0.3, -0.25) is 4.90 Å². The van der Waals surface area contributed by atoms with Crippen LogP contribution in [0.2, 0.25) is 0 Å². The Morgan fingerprint density at radius 2 is 2.00 bits per heavy atom. The van der Waals surface area contributed by atoms with Gasteiger partial charge < -0.3 is 14.5 Å². The molecule has 154 valence electrons. The van der Waals surface area contributed by atoms with Crippen molar-refractivity contribution in [3.8, 4) is 5.75 Å². The van der Waals surface area contributed by atoms with E-state index in [2.05, 4.69) is 40.7 Å². The van der Waals surface area contributed by atoms with Crippen molar-refractivity contribution >= 4 is 11.3 Å². The fourth-order valence-electron chi connectivity index (χ4n) is 3.73. The van der Waals surface area contributed by atoms with Crippen LogP contribution in [0.15, 0.2) is 52.5 Å². The zero-order chi connectivity index (χ0) is 19.9. The van der Waals surface area contributed by atoms with Crippen molar-refractivity contribution in [2.45, 2.75) is 45.4 Å². The summed E-state index contributed by atoms with van der Waals surface area (Å²) in [6, 6.07) is 12.5. The van der Waals surface area contributed by atoms with Gasteiger partial charge in [-0.05, 0) is 57.1 Å². The topological polar surface area (TPSA) is 50.5 Å². The molecular weight excluding hydrogens is 382 g/mol. The van der Waals surface area contributed by atoms with E-state index in [1.54, 1.807) is 17.6 Å². The fraction of sp³-hybridized carbons (Fsp3) is 0.435. The number of ether oxygens (including phenoxy) is 1. The lowest BCUT2D eigenvalue weighted by Gasteiger charge is -2.33. The number of rotatable bonds is 9. The molecule has 5 nitrogen and oxygen atoms in total. The SMILES string of the molecule is Cc1ccc(OCc2nc(CNCC(c3ccco3)N3CCCCC3)cs2)cc1. The maximum atomic E-state index is 5.84. The van der Waals surface area contributed by atoms with Crippen LogP contribution in [0.25, 0.3) is 0 Å². The Labute approximate surface area is 176 Å². The predicted molar refractivity (Wildman–Crippen MR) is 116 cm³/mol. The number of likely N-dealkylation sites (tertiary alicyclic amines) is 1. The summed E-state index contributed by atoms with van der Waals surface area (Å²) in [4.78, 5) is 7.25. The second-order valence-corrected chi connectivity index (χ2v) is 8.54. The van der Waals surface area contributed by atoms with Gasteiger partial charge in [0.25, 0.3) is 0 Å². The van der Waals surface area contributed by atoms with Gasteiger partial charge in [0.1, 0.15) is 23.1 Å². The zero-order valence-corrected chi connectivity index (χ0v) is 17.8. The Morgan fingerprint density at radius 3 is 2.76 bits per heavy atom. The summed E-state index contributed by atoms with van der Waals surface area (Å²) in [6.07, 6.45) is 5.65. The average molecular weight is 412 g/mol. The minimum absolute atomic E-state index is 0.285. The summed E-state index contributed by atoms with van der Waals surface area (Å²) in [5.41, 5.74) is 2.30. The molecule has 0 spiro atoms. The zero-order valence-electron chi connectivity index (χ0n) is 17.0. The van der Waals surface area contributed by atoms with Crippen molar-refractivity contribution in [1.82, 2.24) is 15.2 Å². The van der Waals surface area contributed by atoms with E-state index in [0.717, 1.165) is 48.4 Å². The predicted octanol–water partition coefficient (Wildman–Crippen LogP) is 4.94. The molecule has 1 fully saturated rings. The highest BCUT2D eigenvalue weighted by atomic mass is 32.1. The Kier molecular flexibility index (Phi) is 6.98. The molecule has 1 saturated heterocycles. The van der Waals surface area contributed by atoms with Crippen molar-refractivity contribution in [3.05, 3.63) is 70.1 Å². The molecule has 2 aromatic heterocycles. The largest absolute Gasteiger partial charge is 0.486 e. The molecule has 1 unspecified atom stereocenters. The van der Waals surface area contributed by atoms with E-state index in [-0.39, 0.29) is 6.04 Å². The smallest absolute Gasteiger partial charge is 0.140 e. The van der Waals surface area contributed by atoms with Crippen LogP contribution in [-0.4, -0.2) is 29.5 Å². The van der Waals surface area contributed by atoms with Crippen LogP contribution in [0.1, 0.15) is 47.3 Å². The first-order chi connectivity index (χ1) is 14.3. The molecule has 1 aliphatic heterocycles. The van der Waals surface area contributed by atoms with Crippen molar-refractivity contribution in [2.75, 3.05) is 19.6 Å². The monoisotopic (exact) mass is 411 g/mol. The summed E-state index contributed by atoms with van der Waals surface area (Å²) in [7, 11) is 0. The Hall–Kier alpha value is -2.15. The first-order valence-electron chi connectivity index (χ1n) is 10.4. The Morgan fingerprint density at radius 1 is 1.17 bits per heavy atom. The maximum absolute atomic E-state index is 5.84. The van der Waals surface area contributed by atoms with E-state index >= 15 is 0 Å². The number of piperidine rings is 1. The quantitative estimate of drug-likeness (QED) is 0.540. The summed E-state index contributed by atoms with van der Waals surface area (Å²) < 4.78 is 11.6. The van der Waals surface area contributed by atoms with E-state index in [1.165, 1.54) is 24.8 Å². The third-order valence-corrected chi connectivity index (χ3v) is 6.20. The summed E-state index contributed by atoms with van der Waals surface area (Å²) >= 11 is 1.65. The molecule has 3 aromatic rings. The van der Waals surface area contributed by atoms with Gasteiger partial charge in [-0.2, -0.15) is 0 Å². The van der Waals surface area contributed by atoms with Gasteiger partial charge in [0.05, 0.1) is 18.0 Å². The summed E-state index contributed by atoms with van der Waals surface area (Å²) in [6.45, 7) is 6.49. The highest BCUT2D eigenvalue weighted by Gasteiger charge is 2.24. The molecule has 29 heavy (non-hydrogen) atoms. The molecular formula is C23H29N3O2S. The van der Waals surface area contributed by atoms with Crippen molar-refractivity contribution < 1.29 is 9.15 Å². The van der Waals surface area contributed by atoms with Gasteiger partial charge in [-0.1, -0.05) is 24.1 Å². The van der Waals surface area contributed by atoms with Crippen molar-refractivity contribution in [3.63, 3.8) is 0 Å². The molecule has 0 amide bonds. The number of hydrogen-bond donors (Lipinski definition) is 1. The molecule has 0 radical (unpaired) electrons. The number of hydrogen-bond acceptors (Lipinski definition) is 6. The number of nitrogens with one attached hydrogen (secondary N) is 1. The lowest BCUT2D eigenvalue weighted by atomic mass is 10.1. The highest BCUT2D eigenvalue weighted by Crippen LogP contribution is 2.24. The van der Waals surface area contributed by atoms with Gasteiger partial charge >= 0.3 is 0 Å². The van der Waals surface area contributed by atoms with Crippen LogP contribution in [0.3, 0.4) is 0 Å². The van der Waals surface area contributed by atoms with Crippen LogP contribution in [0.5, 0.6) is 5.75 Å². The minimum atomic E-state index is 0.285. The normalized spacial score (nSPS) is 16.0. The second-order valence-electron chi connectivity index (χ2n) is 7.59. The van der Waals surface area contributed by atoms with E-state index < -0.39 is 0 Å². The summed E-state index contributed by atoms with van der Waals surface area (Å²) in [5, 5.41) is 6.70. The number of aromatic nitrogens is 1. The van der Waals surface area contributed by atoms with E-state index in [9.17, 15) is 0 Å². The molecule has 1 atom stereocenters.